The molecule has 8 nitrogen and oxygen atoms in total. The zero-order valence-electron chi connectivity index (χ0n) is 46.0. The molecule has 0 aliphatic carbocycles. The summed E-state index contributed by atoms with van der Waals surface area (Å²) in [6.45, 7) is 4.61. The lowest BCUT2D eigenvalue weighted by molar-refractivity contribution is -0.870. The van der Waals surface area contributed by atoms with Crippen molar-refractivity contribution in [2.45, 2.75) is 276 Å². The highest BCUT2D eigenvalue weighted by Crippen LogP contribution is 2.38. The Morgan fingerprint density at radius 3 is 1.29 bits per heavy atom. The van der Waals surface area contributed by atoms with Crippen LogP contribution in [0.15, 0.2) is 60.8 Å². The Kier molecular flexibility index (Phi) is 49.8. The number of quaternary nitrogens is 1. The first-order valence-electron chi connectivity index (χ1n) is 29.2. The second-order valence-electron chi connectivity index (χ2n) is 21.0. The fourth-order valence-electron chi connectivity index (χ4n) is 8.33. The third-order valence-electron chi connectivity index (χ3n) is 12.9. The zero-order valence-corrected chi connectivity index (χ0v) is 46.9. The minimum atomic E-state index is -4.61. The number of phosphoric ester groups is 1. The van der Waals surface area contributed by atoms with Gasteiger partial charge in [0.1, 0.15) is 13.2 Å². The van der Waals surface area contributed by atoms with E-state index in [-0.39, 0.29) is 12.5 Å². The van der Waals surface area contributed by atoms with Crippen molar-refractivity contribution in [1.82, 2.24) is 5.32 Å². The molecule has 3 atom stereocenters. The molecule has 404 valence electrons. The van der Waals surface area contributed by atoms with E-state index >= 15 is 0 Å². The van der Waals surface area contributed by atoms with Crippen molar-refractivity contribution in [2.24, 2.45) is 0 Å². The van der Waals surface area contributed by atoms with Gasteiger partial charge in [-0.3, -0.25) is 9.36 Å². The van der Waals surface area contributed by atoms with Gasteiger partial charge in [0, 0.05) is 6.42 Å². The molecule has 9 heteroatoms. The van der Waals surface area contributed by atoms with E-state index in [4.69, 9.17) is 9.05 Å². The first-order chi connectivity index (χ1) is 33.5. The van der Waals surface area contributed by atoms with Gasteiger partial charge in [-0.2, -0.15) is 0 Å². The number of hydrogen-bond acceptors (Lipinski definition) is 6. The molecule has 2 N–H and O–H groups in total. The number of nitrogens with zero attached hydrogens (tertiary/aromatic N) is 1. The van der Waals surface area contributed by atoms with Crippen molar-refractivity contribution in [3.05, 3.63) is 60.8 Å². The van der Waals surface area contributed by atoms with E-state index in [0.717, 1.165) is 51.4 Å². The van der Waals surface area contributed by atoms with Crippen LogP contribution in [0.25, 0.3) is 0 Å². The molecular formula is C60H113N2O6P. The molecule has 0 spiro atoms. The van der Waals surface area contributed by atoms with Gasteiger partial charge in [0.15, 0.2) is 0 Å². The Hall–Kier alpha value is -1.80. The second-order valence-corrected chi connectivity index (χ2v) is 22.4. The van der Waals surface area contributed by atoms with Crippen LogP contribution in [0.5, 0.6) is 0 Å². The van der Waals surface area contributed by atoms with Crippen LogP contribution in [-0.2, 0) is 18.4 Å². The van der Waals surface area contributed by atoms with E-state index in [9.17, 15) is 19.4 Å². The average molecular weight is 990 g/mol. The van der Waals surface area contributed by atoms with Gasteiger partial charge >= 0.3 is 0 Å². The molecule has 0 fully saturated rings. The van der Waals surface area contributed by atoms with Crippen molar-refractivity contribution in [3.8, 4) is 0 Å². The molecule has 0 bridgehead atoms. The lowest BCUT2D eigenvalue weighted by Gasteiger charge is -2.29. The minimum absolute atomic E-state index is 0.0115. The normalized spacial score (nSPS) is 14.4. The molecular weight excluding hydrogens is 876 g/mol. The molecule has 1 amide bonds. The summed E-state index contributed by atoms with van der Waals surface area (Å²) in [5.41, 5.74) is 0. The third-order valence-corrected chi connectivity index (χ3v) is 13.9. The summed E-state index contributed by atoms with van der Waals surface area (Å²) in [6.07, 6.45) is 68.8. The highest BCUT2D eigenvalue weighted by Gasteiger charge is 2.23. The molecule has 0 aliphatic rings. The van der Waals surface area contributed by atoms with Crippen molar-refractivity contribution in [3.63, 3.8) is 0 Å². The lowest BCUT2D eigenvalue weighted by atomic mass is 10.0. The number of aliphatic hydroxyl groups is 1. The molecule has 0 aromatic heterocycles. The number of carbonyl (C=O) groups excluding carboxylic acids is 1. The number of rotatable bonds is 53. The largest absolute Gasteiger partial charge is 0.756 e. The van der Waals surface area contributed by atoms with Crippen LogP contribution >= 0.6 is 7.82 Å². The summed E-state index contributed by atoms with van der Waals surface area (Å²) in [7, 11) is 1.23. The number of amides is 1. The predicted octanol–water partition coefficient (Wildman–Crippen LogP) is 17.1. The standard InChI is InChI=1S/C60H113N2O6P/c1-6-8-10-12-14-16-18-20-22-24-26-27-28-29-30-31-32-33-34-36-37-39-41-43-45-47-49-51-53-59(63)58(57-68-69(65,66)67-56-55-62(3,4)5)61-60(64)54-52-50-48-46-44-42-40-38-35-25-23-21-19-17-15-13-11-9-7-2/h15,17,21,23,36-37,43,45,51,53,58-59,63H,6-14,16,18-20,22,24-35,38-42,44,46-50,52,54-57H2,1-5H3,(H-,61,64,65,66)/b17-15-,23-21-,37-36+,45-43+,53-51+. The predicted molar refractivity (Wildman–Crippen MR) is 297 cm³/mol. The Morgan fingerprint density at radius 2 is 0.855 bits per heavy atom. The first kappa shape index (κ1) is 67.2. The molecule has 69 heavy (non-hydrogen) atoms. The quantitative estimate of drug-likeness (QED) is 0.0272. The molecule has 0 aliphatic heterocycles. The molecule has 0 heterocycles. The monoisotopic (exact) mass is 989 g/mol. The van der Waals surface area contributed by atoms with Crippen molar-refractivity contribution in [1.29, 1.82) is 0 Å². The Bertz CT molecular complexity index is 1310. The number of hydrogen-bond donors (Lipinski definition) is 2. The average Bonchev–Trinajstić information content (AvgIpc) is 3.31. The van der Waals surface area contributed by atoms with Gasteiger partial charge in [-0.15, -0.1) is 0 Å². The molecule has 3 unspecified atom stereocenters. The maximum atomic E-state index is 12.9. The van der Waals surface area contributed by atoms with Crippen LogP contribution in [-0.4, -0.2) is 68.5 Å². The van der Waals surface area contributed by atoms with Gasteiger partial charge in [0.2, 0.25) is 5.91 Å². The first-order valence-corrected chi connectivity index (χ1v) is 30.6. The van der Waals surface area contributed by atoms with Crippen LogP contribution in [0, 0.1) is 0 Å². The fourth-order valence-corrected chi connectivity index (χ4v) is 9.06. The number of likely N-dealkylation sites (N-methyl/N-ethyl adjacent to an activating group) is 1. The van der Waals surface area contributed by atoms with E-state index in [1.807, 2.05) is 27.2 Å². The van der Waals surface area contributed by atoms with Crippen molar-refractivity contribution >= 4 is 13.7 Å². The van der Waals surface area contributed by atoms with Gasteiger partial charge in [-0.1, -0.05) is 242 Å². The van der Waals surface area contributed by atoms with Gasteiger partial charge in [-0.25, -0.2) is 0 Å². The number of phosphoric acid groups is 1. The molecule has 0 aromatic carbocycles. The summed E-state index contributed by atoms with van der Waals surface area (Å²) < 4.78 is 23.3. The number of nitrogens with one attached hydrogen (secondary N) is 1. The van der Waals surface area contributed by atoms with E-state index in [1.165, 1.54) is 193 Å². The SMILES string of the molecule is CCCCC/C=C\C/C=C\CCCCCCCCCCCC(=O)NC(COP(=O)([O-])OCC[N+](C)(C)C)C(O)/C=C/CC/C=C/CC/C=C/CCCCCCCCCCCCCCCCCCCC. The Labute approximate surface area is 428 Å². The Morgan fingerprint density at radius 1 is 0.507 bits per heavy atom. The van der Waals surface area contributed by atoms with Crippen molar-refractivity contribution < 1.29 is 32.9 Å². The zero-order chi connectivity index (χ0) is 50.6. The summed E-state index contributed by atoms with van der Waals surface area (Å²) in [5, 5.41) is 13.9. The van der Waals surface area contributed by atoms with E-state index < -0.39 is 26.6 Å². The van der Waals surface area contributed by atoms with Crippen LogP contribution < -0.4 is 10.2 Å². The molecule has 0 radical (unpaired) electrons. The topological polar surface area (TPSA) is 108 Å². The third kappa shape index (κ3) is 53.8. The molecule has 0 rings (SSSR count). The van der Waals surface area contributed by atoms with Gasteiger partial charge < -0.3 is 28.8 Å². The highest BCUT2D eigenvalue weighted by molar-refractivity contribution is 7.45. The van der Waals surface area contributed by atoms with Crippen LogP contribution in [0.2, 0.25) is 0 Å². The summed E-state index contributed by atoms with van der Waals surface area (Å²) >= 11 is 0. The van der Waals surface area contributed by atoms with Crippen LogP contribution in [0.4, 0.5) is 0 Å². The summed E-state index contributed by atoms with van der Waals surface area (Å²) in [4.78, 5) is 25.5. The number of allylic oxidation sites excluding steroid dienone is 9. The maximum absolute atomic E-state index is 12.9. The summed E-state index contributed by atoms with van der Waals surface area (Å²) in [5.74, 6) is -0.216. The fraction of sp³-hybridized carbons (Fsp3) is 0.817. The van der Waals surface area contributed by atoms with Crippen LogP contribution in [0.3, 0.4) is 0 Å². The van der Waals surface area contributed by atoms with E-state index in [1.54, 1.807) is 6.08 Å². The molecule has 0 saturated heterocycles. The van der Waals surface area contributed by atoms with Gasteiger partial charge in [0.05, 0.1) is 39.9 Å². The van der Waals surface area contributed by atoms with E-state index in [0.29, 0.717) is 17.4 Å². The highest BCUT2D eigenvalue weighted by atomic mass is 31.2. The number of carbonyl (C=O) groups is 1. The Balaban J connectivity index is 4.27. The smallest absolute Gasteiger partial charge is 0.268 e. The molecule has 0 aromatic rings. The molecule has 0 saturated carbocycles. The van der Waals surface area contributed by atoms with E-state index in [2.05, 4.69) is 67.8 Å². The van der Waals surface area contributed by atoms with Crippen LogP contribution in [0.1, 0.15) is 264 Å². The maximum Gasteiger partial charge on any atom is 0.268 e. The van der Waals surface area contributed by atoms with Gasteiger partial charge in [0.25, 0.3) is 7.82 Å². The van der Waals surface area contributed by atoms with Gasteiger partial charge in [-0.05, 0) is 77.0 Å². The minimum Gasteiger partial charge on any atom is -0.756 e. The second kappa shape index (κ2) is 51.1. The van der Waals surface area contributed by atoms with Crippen molar-refractivity contribution in [2.75, 3.05) is 40.9 Å². The summed E-state index contributed by atoms with van der Waals surface area (Å²) in [6, 6.07) is -0.915. The number of aliphatic hydroxyl groups excluding tert-OH is 1. The number of unbranched alkanes of at least 4 members (excludes halogenated alkanes) is 32. The lowest BCUT2D eigenvalue weighted by Crippen LogP contribution is -2.45.